The standard InChI is InChI=1S/C33H29F3N6O5/c1-32(2,3)47-31(45)42-27-9-4-21(33(34,35)36)18-25(27)28(41-42)30(44)40-22-5-7-23(8-6-22)46-24-13-17-38-26(19-24)29(43)39-16-12-20-10-14-37-15-11-20/h4-11,13-15,17-19H,12,16H2,1-3H3,(H,39,43)(H,40,44). The minimum atomic E-state index is -4.69. The molecule has 0 aliphatic carbocycles. The van der Waals surface area contributed by atoms with E-state index < -0.39 is 35.0 Å². The molecule has 5 aromatic rings. The van der Waals surface area contributed by atoms with Crippen LogP contribution >= 0.6 is 0 Å². The number of aromatic nitrogens is 4. The van der Waals surface area contributed by atoms with Crippen LogP contribution in [0.2, 0.25) is 0 Å². The minimum absolute atomic E-state index is 0.0275. The highest BCUT2D eigenvalue weighted by atomic mass is 19.4. The summed E-state index contributed by atoms with van der Waals surface area (Å²) in [6.07, 6.45) is -0.214. The smallest absolute Gasteiger partial charge is 0.435 e. The van der Waals surface area contributed by atoms with Crippen molar-refractivity contribution in [3.8, 4) is 11.5 Å². The molecule has 0 fully saturated rings. The number of carbonyl (C=O) groups is 3. The zero-order chi connectivity index (χ0) is 33.8. The van der Waals surface area contributed by atoms with Gasteiger partial charge in [0.15, 0.2) is 5.69 Å². The van der Waals surface area contributed by atoms with Crippen LogP contribution in [0.3, 0.4) is 0 Å². The molecule has 5 rings (SSSR count). The Labute approximate surface area is 266 Å². The molecule has 0 unspecified atom stereocenters. The number of anilines is 1. The van der Waals surface area contributed by atoms with E-state index in [1.54, 1.807) is 51.4 Å². The second-order valence-electron chi connectivity index (χ2n) is 11.3. The number of hydrogen-bond donors (Lipinski definition) is 2. The first kappa shape index (κ1) is 32.6. The monoisotopic (exact) mass is 646 g/mol. The molecule has 0 saturated carbocycles. The van der Waals surface area contributed by atoms with Crippen molar-refractivity contribution >= 4 is 34.5 Å². The van der Waals surface area contributed by atoms with Crippen molar-refractivity contribution in [2.75, 3.05) is 11.9 Å². The normalized spacial score (nSPS) is 11.6. The van der Waals surface area contributed by atoms with Gasteiger partial charge in [0, 0.05) is 42.3 Å². The summed E-state index contributed by atoms with van der Waals surface area (Å²) in [6.45, 7) is 5.27. The first-order chi connectivity index (χ1) is 22.3. The van der Waals surface area contributed by atoms with Crippen LogP contribution in [-0.2, 0) is 17.3 Å². The molecular formula is C33H29F3N6O5. The number of pyridine rings is 2. The van der Waals surface area contributed by atoms with Gasteiger partial charge < -0.3 is 20.1 Å². The van der Waals surface area contributed by atoms with Gasteiger partial charge in [0.1, 0.15) is 22.8 Å². The molecule has 47 heavy (non-hydrogen) atoms. The van der Waals surface area contributed by atoms with Gasteiger partial charge in [0.25, 0.3) is 11.8 Å². The number of nitrogens with zero attached hydrogens (tertiary/aromatic N) is 4. The van der Waals surface area contributed by atoms with E-state index in [1.807, 2.05) is 12.1 Å². The highest BCUT2D eigenvalue weighted by Crippen LogP contribution is 2.33. The number of rotatable bonds is 8. The van der Waals surface area contributed by atoms with Crippen LogP contribution in [0.1, 0.15) is 52.9 Å². The minimum Gasteiger partial charge on any atom is -0.457 e. The third-order valence-electron chi connectivity index (χ3n) is 6.55. The number of amides is 2. The maximum Gasteiger partial charge on any atom is 0.435 e. The van der Waals surface area contributed by atoms with Crippen LogP contribution in [0, 0.1) is 0 Å². The fraction of sp³-hybridized carbons (Fsp3) is 0.212. The third kappa shape index (κ3) is 8.28. The Balaban J connectivity index is 1.28. The molecular weight excluding hydrogens is 617 g/mol. The lowest BCUT2D eigenvalue weighted by atomic mass is 10.1. The number of ether oxygens (including phenoxy) is 2. The van der Waals surface area contributed by atoms with Gasteiger partial charge in [-0.05, 0) is 93.4 Å². The van der Waals surface area contributed by atoms with Gasteiger partial charge in [-0.2, -0.15) is 23.0 Å². The molecule has 0 bridgehead atoms. The topological polar surface area (TPSA) is 137 Å². The molecule has 3 aromatic heterocycles. The third-order valence-corrected chi connectivity index (χ3v) is 6.55. The lowest BCUT2D eigenvalue weighted by Gasteiger charge is -2.19. The van der Waals surface area contributed by atoms with Crippen LogP contribution in [0.25, 0.3) is 10.9 Å². The van der Waals surface area contributed by atoms with E-state index in [9.17, 15) is 27.6 Å². The molecule has 0 saturated heterocycles. The zero-order valence-corrected chi connectivity index (χ0v) is 25.5. The number of hydrogen-bond acceptors (Lipinski definition) is 8. The molecule has 0 radical (unpaired) electrons. The van der Waals surface area contributed by atoms with E-state index in [1.165, 1.54) is 24.4 Å². The average molecular weight is 647 g/mol. The van der Waals surface area contributed by atoms with Crippen LogP contribution in [0.5, 0.6) is 11.5 Å². The van der Waals surface area contributed by atoms with E-state index >= 15 is 0 Å². The maximum atomic E-state index is 13.5. The number of carbonyl (C=O) groups excluding carboxylic acids is 3. The van der Waals surface area contributed by atoms with Crippen LogP contribution < -0.4 is 15.4 Å². The van der Waals surface area contributed by atoms with Crippen molar-refractivity contribution in [3.05, 3.63) is 108 Å². The molecule has 0 aliphatic heterocycles. The van der Waals surface area contributed by atoms with Crippen LogP contribution in [0.4, 0.5) is 23.7 Å². The predicted molar refractivity (Wildman–Crippen MR) is 165 cm³/mol. The summed E-state index contributed by atoms with van der Waals surface area (Å²) in [5.41, 5.74) is -0.888. The maximum absolute atomic E-state index is 13.5. The molecule has 2 amide bonds. The number of halogens is 3. The number of benzene rings is 2. The lowest BCUT2D eigenvalue weighted by molar-refractivity contribution is -0.137. The van der Waals surface area contributed by atoms with Crippen molar-refractivity contribution < 1.29 is 37.0 Å². The molecule has 2 N–H and O–H groups in total. The summed E-state index contributed by atoms with van der Waals surface area (Å²) in [4.78, 5) is 46.7. The molecule has 0 atom stereocenters. The SMILES string of the molecule is CC(C)(C)OC(=O)n1nc(C(=O)Nc2ccc(Oc3ccnc(C(=O)NCCc4ccncc4)c3)cc2)c2cc(C(F)(F)F)ccc21. The molecule has 11 nitrogen and oxygen atoms in total. The van der Waals surface area contributed by atoms with E-state index in [0.29, 0.717) is 24.5 Å². The zero-order valence-electron chi connectivity index (χ0n) is 25.5. The van der Waals surface area contributed by atoms with Gasteiger partial charge in [-0.3, -0.25) is 19.6 Å². The second-order valence-corrected chi connectivity index (χ2v) is 11.3. The first-order valence-electron chi connectivity index (χ1n) is 14.3. The van der Waals surface area contributed by atoms with E-state index in [0.717, 1.165) is 28.4 Å². The van der Waals surface area contributed by atoms with Crippen molar-refractivity contribution in [1.82, 2.24) is 25.1 Å². The summed E-state index contributed by atoms with van der Waals surface area (Å²) < 4.78 is 52.4. The molecule has 0 spiro atoms. The van der Waals surface area contributed by atoms with E-state index in [4.69, 9.17) is 9.47 Å². The quantitative estimate of drug-likeness (QED) is 0.191. The average Bonchev–Trinajstić information content (AvgIpc) is 3.41. The fourth-order valence-corrected chi connectivity index (χ4v) is 4.40. The van der Waals surface area contributed by atoms with Crippen molar-refractivity contribution in [1.29, 1.82) is 0 Å². The van der Waals surface area contributed by atoms with Crippen molar-refractivity contribution in [3.63, 3.8) is 0 Å². The van der Waals surface area contributed by atoms with Gasteiger partial charge in [0.05, 0.1) is 11.1 Å². The van der Waals surface area contributed by atoms with Gasteiger partial charge in [0.2, 0.25) is 0 Å². The molecule has 3 heterocycles. The van der Waals surface area contributed by atoms with E-state index in [2.05, 4.69) is 25.7 Å². The largest absolute Gasteiger partial charge is 0.457 e. The number of fused-ring (bicyclic) bond motifs is 1. The Bertz CT molecular complexity index is 1920. The summed E-state index contributed by atoms with van der Waals surface area (Å²) in [5, 5.41) is 9.23. The predicted octanol–water partition coefficient (Wildman–Crippen LogP) is 6.65. The molecule has 14 heteroatoms. The summed E-state index contributed by atoms with van der Waals surface area (Å²) in [7, 11) is 0. The molecule has 2 aromatic carbocycles. The van der Waals surface area contributed by atoms with Gasteiger partial charge in [-0.15, -0.1) is 0 Å². The highest BCUT2D eigenvalue weighted by molar-refractivity contribution is 6.12. The lowest BCUT2D eigenvalue weighted by Crippen LogP contribution is -2.28. The van der Waals surface area contributed by atoms with Gasteiger partial charge in [-0.25, -0.2) is 4.79 Å². The summed E-state index contributed by atoms with van der Waals surface area (Å²) >= 11 is 0. The Morgan fingerprint density at radius 3 is 2.26 bits per heavy atom. The second kappa shape index (κ2) is 13.3. The van der Waals surface area contributed by atoms with Crippen LogP contribution in [0.15, 0.2) is 85.3 Å². The summed E-state index contributed by atoms with van der Waals surface area (Å²) in [6, 6.07) is 15.5. The Kier molecular flexibility index (Phi) is 9.22. The first-order valence-corrected chi connectivity index (χ1v) is 14.3. The van der Waals surface area contributed by atoms with Gasteiger partial charge in [-0.1, -0.05) is 0 Å². The molecule has 0 aliphatic rings. The Morgan fingerprint density at radius 2 is 1.57 bits per heavy atom. The Morgan fingerprint density at radius 1 is 0.851 bits per heavy atom. The fourth-order valence-electron chi connectivity index (χ4n) is 4.40. The summed E-state index contributed by atoms with van der Waals surface area (Å²) in [5.74, 6) is -0.506. The van der Waals surface area contributed by atoms with Crippen LogP contribution in [-0.4, -0.2) is 49.8 Å². The number of alkyl halides is 3. The van der Waals surface area contributed by atoms with Crippen molar-refractivity contribution in [2.24, 2.45) is 0 Å². The number of nitrogens with one attached hydrogen (secondary N) is 2. The van der Waals surface area contributed by atoms with Gasteiger partial charge >= 0.3 is 12.3 Å². The van der Waals surface area contributed by atoms with Crippen molar-refractivity contribution in [2.45, 2.75) is 39.0 Å². The highest BCUT2D eigenvalue weighted by Gasteiger charge is 2.33. The molecule has 242 valence electrons. The Hall–Kier alpha value is -5.79. The van der Waals surface area contributed by atoms with E-state index in [-0.39, 0.29) is 28.2 Å².